The molecule has 0 fully saturated rings. The van der Waals surface area contributed by atoms with Gasteiger partial charge in [0.15, 0.2) is 6.61 Å². The predicted molar refractivity (Wildman–Crippen MR) is 85.6 cm³/mol. The van der Waals surface area contributed by atoms with Crippen LogP contribution in [0.25, 0.3) is 0 Å². The Morgan fingerprint density at radius 1 is 1.29 bits per heavy atom. The second-order valence-corrected chi connectivity index (χ2v) is 5.25. The van der Waals surface area contributed by atoms with E-state index < -0.39 is 5.97 Å². The summed E-state index contributed by atoms with van der Waals surface area (Å²) in [6.45, 7) is 3.42. The molecule has 0 saturated heterocycles. The standard InChI is InChI=1S/C16H18BrNO3/c1-3-4-5-6-16(20)21-11-15(19)18-12(2)13-7-9-14(17)10-8-13/h3-10,12H,11H2,1-2H3,(H,18,19)/b4-3+,6-5+/t12-/m0/s1. The lowest BCUT2D eigenvalue weighted by Gasteiger charge is -2.14. The summed E-state index contributed by atoms with van der Waals surface area (Å²) < 4.78 is 5.81. The molecule has 0 aromatic heterocycles. The zero-order valence-electron chi connectivity index (χ0n) is 12.0. The highest BCUT2D eigenvalue weighted by atomic mass is 79.9. The molecular formula is C16H18BrNO3. The summed E-state index contributed by atoms with van der Waals surface area (Å²) in [5.41, 5.74) is 0.978. The van der Waals surface area contributed by atoms with E-state index in [0.717, 1.165) is 10.0 Å². The number of nitrogens with one attached hydrogen (secondary N) is 1. The Morgan fingerprint density at radius 2 is 1.95 bits per heavy atom. The first-order valence-electron chi connectivity index (χ1n) is 6.54. The zero-order chi connectivity index (χ0) is 15.7. The topological polar surface area (TPSA) is 55.4 Å². The lowest BCUT2D eigenvalue weighted by Crippen LogP contribution is -2.30. The van der Waals surface area contributed by atoms with E-state index in [1.165, 1.54) is 6.08 Å². The van der Waals surface area contributed by atoms with Crippen molar-refractivity contribution in [2.24, 2.45) is 0 Å². The van der Waals surface area contributed by atoms with Gasteiger partial charge >= 0.3 is 5.97 Å². The van der Waals surface area contributed by atoms with Crippen molar-refractivity contribution in [1.29, 1.82) is 0 Å². The molecule has 1 aromatic carbocycles. The van der Waals surface area contributed by atoms with E-state index in [9.17, 15) is 9.59 Å². The number of allylic oxidation sites excluding steroid dienone is 3. The van der Waals surface area contributed by atoms with E-state index in [4.69, 9.17) is 4.74 Å². The van der Waals surface area contributed by atoms with E-state index in [2.05, 4.69) is 21.2 Å². The maximum atomic E-state index is 11.7. The van der Waals surface area contributed by atoms with Gasteiger partial charge in [0.05, 0.1) is 6.04 Å². The summed E-state index contributed by atoms with van der Waals surface area (Å²) in [7, 11) is 0. The Labute approximate surface area is 133 Å². The van der Waals surface area contributed by atoms with E-state index in [-0.39, 0.29) is 18.6 Å². The maximum Gasteiger partial charge on any atom is 0.331 e. The highest BCUT2D eigenvalue weighted by Gasteiger charge is 2.10. The van der Waals surface area contributed by atoms with Gasteiger partial charge in [0.1, 0.15) is 0 Å². The van der Waals surface area contributed by atoms with E-state index >= 15 is 0 Å². The van der Waals surface area contributed by atoms with Crippen LogP contribution in [0.4, 0.5) is 0 Å². The smallest absolute Gasteiger partial charge is 0.331 e. The monoisotopic (exact) mass is 351 g/mol. The third kappa shape index (κ3) is 6.90. The number of hydrogen-bond acceptors (Lipinski definition) is 3. The Hall–Kier alpha value is -1.88. The highest BCUT2D eigenvalue weighted by Crippen LogP contribution is 2.16. The number of benzene rings is 1. The lowest BCUT2D eigenvalue weighted by molar-refractivity contribution is -0.144. The van der Waals surface area contributed by atoms with Crippen molar-refractivity contribution in [2.45, 2.75) is 19.9 Å². The van der Waals surface area contributed by atoms with Crippen molar-refractivity contribution in [2.75, 3.05) is 6.61 Å². The van der Waals surface area contributed by atoms with Crippen LogP contribution in [0.15, 0.2) is 53.0 Å². The Balaban J connectivity index is 2.39. The number of esters is 1. The number of ether oxygens (including phenoxy) is 1. The van der Waals surface area contributed by atoms with Crippen LogP contribution < -0.4 is 5.32 Å². The van der Waals surface area contributed by atoms with Gasteiger partial charge in [-0.3, -0.25) is 4.79 Å². The minimum Gasteiger partial charge on any atom is -0.452 e. The van der Waals surface area contributed by atoms with Gasteiger partial charge in [-0.2, -0.15) is 0 Å². The molecule has 0 bridgehead atoms. The molecule has 0 aliphatic heterocycles. The molecule has 0 heterocycles. The summed E-state index contributed by atoms with van der Waals surface area (Å²) in [5.74, 6) is -0.877. The second-order valence-electron chi connectivity index (χ2n) is 4.33. The summed E-state index contributed by atoms with van der Waals surface area (Å²) in [6, 6.07) is 7.50. The molecule has 0 aliphatic rings. The van der Waals surface area contributed by atoms with Crippen molar-refractivity contribution in [3.63, 3.8) is 0 Å². The van der Waals surface area contributed by atoms with Crippen LogP contribution in [0.1, 0.15) is 25.5 Å². The van der Waals surface area contributed by atoms with Gasteiger partial charge < -0.3 is 10.1 Å². The molecule has 21 heavy (non-hydrogen) atoms. The largest absolute Gasteiger partial charge is 0.452 e. The van der Waals surface area contributed by atoms with Crippen LogP contribution in [0.2, 0.25) is 0 Å². The molecule has 0 aliphatic carbocycles. The first kappa shape index (κ1) is 17.2. The fraction of sp³-hybridized carbons (Fsp3) is 0.250. The van der Waals surface area contributed by atoms with Gasteiger partial charge in [-0.15, -0.1) is 0 Å². The molecule has 1 amide bonds. The average molecular weight is 352 g/mol. The predicted octanol–water partition coefficient (Wildman–Crippen LogP) is 3.30. The Bertz CT molecular complexity index is 535. The Morgan fingerprint density at radius 3 is 2.57 bits per heavy atom. The fourth-order valence-corrected chi connectivity index (χ4v) is 1.81. The molecule has 1 aromatic rings. The van der Waals surface area contributed by atoms with Gasteiger partial charge in [-0.05, 0) is 31.5 Å². The number of carbonyl (C=O) groups is 2. The molecular weight excluding hydrogens is 334 g/mol. The Kier molecular flexibility index (Phi) is 7.46. The molecule has 0 spiro atoms. The van der Waals surface area contributed by atoms with Crippen molar-refractivity contribution in [3.8, 4) is 0 Å². The molecule has 112 valence electrons. The number of halogens is 1. The minimum absolute atomic E-state index is 0.150. The summed E-state index contributed by atoms with van der Waals surface area (Å²) in [4.78, 5) is 23.0. The van der Waals surface area contributed by atoms with Crippen molar-refractivity contribution < 1.29 is 14.3 Å². The SMILES string of the molecule is C/C=C/C=C/C(=O)OCC(=O)N[C@@H](C)c1ccc(Br)cc1. The summed E-state index contributed by atoms with van der Waals surface area (Å²) >= 11 is 3.36. The lowest BCUT2D eigenvalue weighted by atomic mass is 10.1. The molecule has 1 N–H and O–H groups in total. The van der Waals surface area contributed by atoms with Crippen LogP contribution in [-0.2, 0) is 14.3 Å². The van der Waals surface area contributed by atoms with Crippen molar-refractivity contribution in [3.05, 3.63) is 58.6 Å². The third-order valence-corrected chi connectivity index (χ3v) is 3.16. The molecule has 0 unspecified atom stereocenters. The summed E-state index contributed by atoms with van der Waals surface area (Å²) in [6.07, 6.45) is 6.32. The number of amides is 1. The second kappa shape index (κ2) is 9.13. The molecule has 1 atom stereocenters. The minimum atomic E-state index is -0.542. The van der Waals surface area contributed by atoms with Crippen LogP contribution in [-0.4, -0.2) is 18.5 Å². The molecule has 5 heteroatoms. The average Bonchev–Trinajstić information content (AvgIpc) is 2.46. The van der Waals surface area contributed by atoms with E-state index in [1.807, 2.05) is 38.1 Å². The van der Waals surface area contributed by atoms with Crippen molar-refractivity contribution in [1.82, 2.24) is 5.32 Å². The third-order valence-electron chi connectivity index (χ3n) is 2.63. The quantitative estimate of drug-likeness (QED) is 0.486. The van der Waals surface area contributed by atoms with Gasteiger partial charge in [0.2, 0.25) is 0 Å². The highest BCUT2D eigenvalue weighted by molar-refractivity contribution is 9.10. The normalized spacial score (nSPS) is 12.5. The first-order valence-corrected chi connectivity index (χ1v) is 7.33. The van der Waals surface area contributed by atoms with Crippen LogP contribution >= 0.6 is 15.9 Å². The zero-order valence-corrected chi connectivity index (χ0v) is 13.6. The van der Waals surface area contributed by atoms with Gasteiger partial charge in [-0.1, -0.05) is 46.3 Å². The number of carbonyl (C=O) groups excluding carboxylic acids is 2. The van der Waals surface area contributed by atoms with Crippen molar-refractivity contribution >= 4 is 27.8 Å². The maximum absolute atomic E-state index is 11.7. The first-order chi connectivity index (χ1) is 10.0. The molecule has 0 saturated carbocycles. The molecule has 1 rings (SSSR count). The van der Waals surface area contributed by atoms with Gasteiger partial charge in [0, 0.05) is 10.5 Å². The fourth-order valence-electron chi connectivity index (χ4n) is 1.55. The van der Waals surface area contributed by atoms with Gasteiger partial charge in [-0.25, -0.2) is 4.79 Å². The molecule has 0 radical (unpaired) electrons. The molecule has 4 nitrogen and oxygen atoms in total. The van der Waals surface area contributed by atoms with Crippen LogP contribution in [0.5, 0.6) is 0 Å². The number of rotatable bonds is 6. The van der Waals surface area contributed by atoms with Gasteiger partial charge in [0.25, 0.3) is 5.91 Å². The van der Waals surface area contributed by atoms with Crippen LogP contribution in [0, 0.1) is 0 Å². The van der Waals surface area contributed by atoms with Crippen LogP contribution in [0.3, 0.4) is 0 Å². The number of hydrogen-bond donors (Lipinski definition) is 1. The van der Waals surface area contributed by atoms with E-state index in [0.29, 0.717) is 0 Å². The summed E-state index contributed by atoms with van der Waals surface area (Å²) in [5, 5.41) is 2.77. The van der Waals surface area contributed by atoms with E-state index in [1.54, 1.807) is 18.2 Å².